The van der Waals surface area contributed by atoms with Crippen LogP contribution in [-0.2, 0) is 4.79 Å². The molecule has 0 atom stereocenters. The Kier molecular flexibility index (Phi) is 4.31. The van der Waals surface area contributed by atoms with E-state index in [2.05, 4.69) is 26.2 Å². The first-order valence-electron chi connectivity index (χ1n) is 6.44. The SMILES string of the molecule is O=C1NC(=Nc2ccc(Br)cc2)S/C1=C/c1ccc(O)cc1. The number of amides is 1. The molecule has 0 saturated carbocycles. The van der Waals surface area contributed by atoms with Crippen LogP contribution in [0.5, 0.6) is 5.75 Å². The summed E-state index contributed by atoms with van der Waals surface area (Å²) in [6.07, 6.45) is 1.77. The van der Waals surface area contributed by atoms with Crippen molar-refractivity contribution in [3.8, 4) is 5.75 Å². The van der Waals surface area contributed by atoms with Crippen LogP contribution in [0.4, 0.5) is 5.69 Å². The summed E-state index contributed by atoms with van der Waals surface area (Å²) in [5, 5.41) is 12.6. The van der Waals surface area contributed by atoms with E-state index in [0.717, 1.165) is 15.7 Å². The second-order valence-corrected chi connectivity index (χ2v) is 6.50. The number of aromatic hydroxyl groups is 1. The fourth-order valence-corrected chi connectivity index (χ4v) is 2.94. The number of phenolic OH excluding ortho intramolecular Hbond substituents is 1. The molecule has 0 radical (unpaired) electrons. The van der Waals surface area contributed by atoms with E-state index in [4.69, 9.17) is 0 Å². The predicted molar refractivity (Wildman–Crippen MR) is 93.1 cm³/mol. The molecule has 1 fully saturated rings. The van der Waals surface area contributed by atoms with Crippen LogP contribution in [0.15, 0.2) is 62.9 Å². The number of hydrogen-bond donors (Lipinski definition) is 2. The highest BCUT2D eigenvalue weighted by Gasteiger charge is 2.23. The Morgan fingerprint density at radius 1 is 1.09 bits per heavy atom. The summed E-state index contributed by atoms with van der Waals surface area (Å²) in [7, 11) is 0. The van der Waals surface area contributed by atoms with Gasteiger partial charge < -0.3 is 10.4 Å². The monoisotopic (exact) mass is 374 g/mol. The number of amidine groups is 1. The van der Waals surface area contributed by atoms with Gasteiger partial charge in [0.2, 0.25) is 0 Å². The number of nitrogens with one attached hydrogen (secondary N) is 1. The average Bonchev–Trinajstić information content (AvgIpc) is 2.84. The Hall–Kier alpha value is -2.05. The molecule has 0 aliphatic carbocycles. The topological polar surface area (TPSA) is 61.7 Å². The molecular weight excluding hydrogens is 364 g/mol. The zero-order valence-electron chi connectivity index (χ0n) is 11.3. The third-order valence-corrected chi connectivity index (χ3v) is 4.34. The number of aliphatic imine (C=N–C) groups is 1. The van der Waals surface area contributed by atoms with E-state index in [-0.39, 0.29) is 11.7 Å². The molecule has 1 heterocycles. The van der Waals surface area contributed by atoms with Gasteiger partial charge >= 0.3 is 0 Å². The Labute approximate surface area is 140 Å². The Morgan fingerprint density at radius 2 is 1.77 bits per heavy atom. The average molecular weight is 375 g/mol. The fourth-order valence-electron chi connectivity index (χ4n) is 1.84. The van der Waals surface area contributed by atoms with Crippen molar-refractivity contribution in [3.63, 3.8) is 0 Å². The molecule has 1 aliphatic heterocycles. The number of hydrogen-bond acceptors (Lipinski definition) is 4. The lowest BCUT2D eigenvalue weighted by Gasteiger charge is -1.96. The minimum atomic E-state index is -0.172. The lowest BCUT2D eigenvalue weighted by molar-refractivity contribution is -0.115. The fraction of sp³-hybridized carbons (Fsp3) is 0. The van der Waals surface area contributed by atoms with Gasteiger partial charge in [-0.1, -0.05) is 28.1 Å². The molecule has 2 N–H and O–H groups in total. The van der Waals surface area contributed by atoms with Crippen LogP contribution in [-0.4, -0.2) is 16.2 Å². The number of nitrogens with zero attached hydrogens (tertiary/aromatic N) is 1. The van der Waals surface area contributed by atoms with Gasteiger partial charge in [-0.2, -0.15) is 0 Å². The molecule has 4 nitrogen and oxygen atoms in total. The molecule has 1 aliphatic rings. The molecule has 6 heteroatoms. The van der Waals surface area contributed by atoms with Gasteiger partial charge in [0, 0.05) is 4.47 Å². The van der Waals surface area contributed by atoms with E-state index in [1.165, 1.54) is 11.8 Å². The third-order valence-electron chi connectivity index (χ3n) is 2.90. The minimum Gasteiger partial charge on any atom is -0.508 e. The Bertz CT molecular complexity index is 768. The molecule has 0 bridgehead atoms. The molecule has 0 unspecified atom stereocenters. The van der Waals surface area contributed by atoms with Crippen molar-refractivity contribution < 1.29 is 9.90 Å². The quantitative estimate of drug-likeness (QED) is 0.779. The van der Waals surface area contributed by atoms with Gasteiger partial charge in [0.05, 0.1) is 10.6 Å². The van der Waals surface area contributed by atoms with Crippen LogP contribution in [0.25, 0.3) is 6.08 Å². The highest BCUT2D eigenvalue weighted by atomic mass is 79.9. The maximum absolute atomic E-state index is 12.0. The highest BCUT2D eigenvalue weighted by molar-refractivity contribution is 9.10. The van der Waals surface area contributed by atoms with E-state index in [9.17, 15) is 9.90 Å². The Balaban J connectivity index is 1.80. The van der Waals surface area contributed by atoms with Crippen molar-refractivity contribution in [1.29, 1.82) is 0 Å². The summed E-state index contributed by atoms with van der Waals surface area (Å²) in [5.74, 6) is 0.0251. The molecule has 2 aromatic rings. The molecular formula is C16H11BrN2O2S. The van der Waals surface area contributed by atoms with Crippen LogP contribution >= 0.6 is 27.7 Å². The van der Waals surface area contributed by atoms with Crippen LogP contribution in [0, 0.1) is 0 Å². The first-order valence-corrected chi connectivity index (χ1v) is 8.05. The van der Waals surface area contributed by atoms with E-state index in [0.29, 0.717) is 10.1 Å². The lowest BCUT2D eigenvalue weighted by Crippen LogP contribution is -2.19. The van der Waals surface area contributed by atoms with Gasteiger partial charge in [0.1, 0.15) is 5.75 Å². The van der Waals surface area contributed by atoms with Crippen molar-refractivity contribution in [2.45, 2.75) is 0 Å². The summed E-state index contributed by atoms with van der Waals surface area (Å²) in [4.78, 5) is 16.9. The van der Waals surface area contributed by atoms with Gasteiger partial charge in [-0.15, -0.1) is 0 Å². The van der Waals surface area contributed by atoms with Gasteiger partial charge in [0.15, 0.2) is 5.17 Å². The number of benzene rings is 2. The van der Waals surface area contributed by atoms with Crippen molar-refractivity contribution >= 4 is 50.5 Å². The smallest absolute Gasteiger partial charge is 0.264 e. The minimum absolute atomic E-state index is 0.172. The summed E-state index contributed by atoms with van der Waals surface area (Å²) >= 11 is 4.66. The molecule has 0 spiro atoms. The van der Waals surface area contributed by atoms with Crippen LogP contribution in [0.2, 0.25) is 0 Å². The van der Waals surface area contributed by atoms with E-state index >= 15 is 0 Å². The second-order valence-electron chi connectivity index (χ2n) is 4.55. The lowest BCUT2D eigenvalue weighted by atomic mass is 10.2. The number of halogens is 1. The first kappa shape index (κ1) is 14.9. The summed E-state index contributed by atoms with van der Waals surface area (Å²) < 4.78 is 0.979. The van der Waals surface area contributed by atoms with Crippen LogP contribution in [0.3, 0.4) is 0 Å². The van der Waals surface area contributed by atoms with Crippen LogP contribution < -0.4 is 5.32 Å². The van der Waals surface area contributed by atoms with Gasteiger partial charge in [-0.05, 0) is 59.8 Å². The van der Waals surface area contributed by atoms with Crippen molar-refractivity contribution in [2.24, 2.45) is 4.99 Å². The Morgan fingerprint density at radius 3 is 2.45 bits per heavy atom. The molecule has 2 aromatic carbocycles. The molecule has 0 aromatic heterocycles. The van der Waals surface area contributed by atoms with Crippen molar-refractivity contribution in [1.82, 2.24) is 5.32 Å². The van der Waals surface area contributed by atoms with Crippen molar-refractivity contribution in [3.05, 3.63) is 63.5 Å². The summed E-state index contributed by atoms with van der Waals surface area (Å²) in [6.45, 7) is 0. The maximum Gasteiger partial charge on any atom is 0.264 e. The third kappa shape index (κ3) is 3.58. The van der Waals surface area contributed by atoms with Gasteiger partial charge in [0.25, 0.3) is 5.91 Å². The standard InChI is InChI=1S/C16H11BrN2O2S/c17-11-3-5-12(6-4-11)18-16-19-15(21)14(22-16)9-10-1-7-13(20)8-2-10/h1-9,20H,(H,18,19,21)/b14-9+. The second kappa shape index (κ2) is 6.37. The summed E-state index contributed by atoms with van der Waals surface area (Å²) in [5.41, 5.74) is 1.62. The molecule has 3 rings (SSSR count). The van der Waals surface area contributed by atoms with Gasteiger partial charge in [-0.3, -0.25) is 4.79 Å². The van der Waals surface area contributed by atoms with E-state index in [1.807, 2.05) is 24.3 Å². The normalized spacial score (nSPS) is 18.0. The molecule has 110 valence electrons. The van der Waals surface area contributed by atoms with Gasteiger partial charge in [-0.25, -0.2) is 4.99 Å². The molecule has 22 heavy (non-hydrogen) atoms. The zero-order valence-corrected chi connectivity index (χ0v) is 13.7. The highest BCUT2D eigenvalue weighted by Crippen LogP contribution is 2.28. The number of thioether (sulfide) groups is 1. The predicted octanol–water partition coefficient (Wildman–Crippen LogP) is 4.05. The molecule has 1 saturated heterocycles. The largest absolute Gasteiger partial charge is 0.508 e. The number of carbonyl (C=O) groups is 1. The van der Waals surface area contributed by atoms with E-state index < -0.39 is 0 Å². The molecule has 1 amide bonds. The first-order chi connectivity index (χ1) is 10.6. The zero-order chi connectivity index (χ0) is 15.5. The maximum atomic E-state index is 12.0. The van der Waals surface area contributed by atoms with Crippen molar-refractivity contribution in [2.75, 3.05) is 0 Å². The number of carbonyl (C=O) groups excluding carboxylic acids is 1. The van der Waals surface area contributed by atoms with E-state index in [1.54, 1.807) is 30.3 Å². The van der Waals surface area contributed by atoms with Crippen LogP contribution in [0.1, 0.15) is 5.56 Å². The summed E-state index contributed by atoms with van der Waals surface area (Å²) in [6, 6.07) is 14.2. The number of rotatable bonds is 2. The number of phenols is 1.